The number of alkyl halides is 6. The molecule has 0 aliphatic carbocycles. The molecule has 0 aliphatic heterocycles. The van der Waals surface area contributed by atoms with Crippen molar-refractivity contribution in [3.05, 3.63) is 52.9 Å². The first-order chi connectivity index (χ1) is 11.9. The van der Waals surface area contributed by atoms with E-state index in [1.165, 1.54) is 25.1 Å². The van der Waals surface area contributed by atoms with Gasteiger partial charge in [-0.1, -0.05) is 0 Å². The number of hydrogen-bond donors (Lipinski definition) is 1. The maximum atomic E-state index is 12.8. The lowest BCUT2D eigenvalue weighted by Gasteiger charge is -2.15. The molecule has 10 heteroatoms. The minimum atomic E-state index is -4.95. The maximum absolute atomic E-state index is 12.8. The summed E-state index contributed by atoms with van der Waals surface area (Å²) in [5.41, 5.74) is -3.50. The van der Waals surface area contributed by atoms with Crippen LogP contribution in [-0.4, -0.2) is 19.0 Å². The van der Waals surface area contributed by atoms with E-state index in [1.54, 1.807) is 12.1 Å². The highest BCUT2D eigenvalue weighted by molar-refractivity contribution is 5.53. The van der Waals surface area contributed by atoms with Crippen molar-refractivity contribution >= 4 is 5.69 Å². The number of nitrogens with one attached hydrogen (secondary N) is 1. The molecule has 1 rings (SSSR count). The molecule has 0 heterocycles. The average molecular weight is 374 g/mol. The molecule has 1 aromatic rings. The van der Waals surface area contributed by atoms with Crippen LogP contribution in [0.2, 0.25) is 0 Å². The van der Waals surface area contributed by atoms with E-state index in [0.29, 0.717) is 12.1 Å². The molecular weight excluding hydrogens is 362 g/mol. The van der Waals surface area contributed by atoms with Crippen molar-refractivity contribution < 1.29 is 26.3 Å². The van der Waals surface area contributed by atoms with Crippen LogP contribution in [0, 0.1) is 22.7 Å². The van der Waals surface area contributed by atoms with E-state index in [-0.39, 0.29) is 17.3 Å². The number of nitrogens with zero attached hydrogens (tertiary/aromatic N) is 3. The smallest absolute Gasteiger partial charge is 0.376 e. The predicted molar refractivity (Wildman–Crippen MR) is 81.1 cm³/mol. The van der Waals surface area contributed by atoms with Gasteiger partial charge in [0.15, 0.2) is 5.57 Å². The Hall–Kier alpha value is -3.14. The lowest BCUT2D eigenvalue weighted by Crippen LogP contribution is -2.12. The quantitative estimate of drug-likeness (QED) is 0.478. The van der Waals surface area contributed by atoms with Gasteiger partial charge in [0.1, 0.15) is 12.1 Å². The lowest BCUT2D eigenvalue weighted by atomic mass is 10.1. The first-order valence-corrected chi connectivity index (χ1v) is 6.84. The molecule has 0 saturated heterocycles. The van der Waals surface area contributed by atoms with Crippen LogP contribution in [0.3, 0.4) is 0 Å². The first kappa shape index (κ1) is 20.9. The summed E-state index contributed by atoms with van der Waals surface area (Å²) in [5, 5.41) is 20.0. The zero-order valence-corrected chi connectivity index (χ0v) is 13.5. The third-order valence-corrected chi connectivity index (χ3v) is 3.04. The predicted octanol–water partition coefficient (Wildman–Crippen LogP) is 4.51. The second-order valence-electron chi connectivity index (χ2n) is 5.15. The van der Waals surface area contributed by atoms with Crippen LogP contribution >= 0.6 is 0 Å². The summed E-state index contributed by atoms with van der Waals surface area (Å²) in [5.74, 6) is 0. The van der Waals surface area contributed by atoms with Gasteiger partial charge in [0.2, 0.25) is 0 Å². The Balaban J connectivity index is 3.27. The van der Waals surface area contributed by atoms with E-state index < -0.39 is 29.2 Å². The van der Waals surface area contributed by atoms with Gasteiger partial charge in [-0.15, -0.1) is 0 Å². The largest absolute Gasteiger partial charge is 0.416 e. The normalized spacial score (nSPS) is 11.6. The van der Waals surface area contributed by atoms with Crippen molar-refractivity contribution in [3.63, 3.8) is 0 Å². The van der Waals surface area contributed by atoms with Crippen molar-refractivity contribution in [1.82, 2.24) is 4.90 Å². The van der Waals surface area contributed by atoms with Gasteiger partial charge in [0, 0.05) is 26.0 Å². The number of anilines is 1. The van der Waals surface area contributed by atoms with Crippen molar-refractivity contribution in [2.45, 2.75) is 12.4 Å². The summed E-state index contributed by atoms with van der Waals surface area (Å²) in [6.07, 6.45) is -7.68. The highest BCUT2D eigenvalue weighted by atomic mass is 19.4. The second kappa shape index (κ2) is 7.83. The Bertz CT molecular complexity index is 756. The zero-order chi connectivity index (χ0) is 20.1. The molecule has 0 atom stereocenters. The van der Waals surface area contributed by atoms with Crippen molar-refractivity contribution in [1.29, 1.82) is 10.5 Å². The fourth-order valence-corrected chi connectivity index (χ4v) is 1.85. The highest BCUT2D eigenvalue weighted by Gasteiger charge is 2.36. The summed E-state index contributed by atoms with van der Waals surface area (Å²) in [6, 6.07) is 4.34. The third-order valence-electron chi connectivity index (χ3n) is 3.04. The molecule has 0 saturated carbocycles. The van der Waals surface area contributed by atoms with E-state index in [9.17, 15) is 26.3 Å². The number of rotatable bonds is 4. The molecule has 0 aliphatic rings. The molecule has 138 valence electrons. The van der Waals surface area contributed by atoms with Gasteiger partial charge >= 0.3 is 12.4 Å². The van der Waals surface area contributed by atoms with E-state index in [1.807, 2.05) is 0 Å². The van der Waals surface area contributed by atoms with Gasteiger partial charge in [-0.2, -0.15) is 36.9 Å². The summed E-state index contributed by atoms with van der Waals surface area (Å²) in [7, 11) is 3.03. The van der Waals surface area contributed by atoms with Crippen LogP contribution in [0.25, 0.3) is 0 Å². The van der Waals surface area contributed by atoms with Gasteiger partial charge in [-0.3, -0.25) is 0 Å². The van der Waals surface area contributed by atoms with Gasteiger partial charge in [-0.25, -0.2) is 0 Å². The molecule has 0 amide bonds. The molecular formula is C16H12F6N4. The van der Waals surface area contributed by atoms with E-state index >= 15 is 0 Å². The molecule has 26 heavy (non-hydrogen) atoms. The molecule has 0 spiro atoms. The molecule has 0 unspecified atom stereocenters. The number of likely N-dealkylation sites (N-methyl/N-ethyl adjacent to an activating group) is 1. The number of benzene rings is 1. The van der Waals surface area contributed by atoms with Crippen LogP contribution in [-0.2, 0) is 12.4 Å². The van der Waals surface area contributed by atoms with Crippen LogP contribution < -0.4 is 5.32 Å². The first-order valence-electron chi connectivity index (χ1n) is 6.84. The molecule has 1 N–H and O–H groups in total. The Kier molecular flexibility index (Phi) is 6.29. The maximum Gasteiger partial charge on any atom is 0.416 e. The average Bonchev–Trinajstić information content (AvgIpc) is 2.52. The standard InChI is InChI=1S/C16H12F6N4/c1-26(2)14(10(8-23)9-24)3-4-25-13-6-11(15(17,18)19)5-12(7-13)16(20,21)22/h3-7,25H,1-2H3/b4-3+. The Labute approximate surface area is 145 Å². The summed E-state index contributed by atoms with van der Waals surface area (Å²) < 4.78 is 76.7. The lowest BCUT2D eigenvalue weighted by molar-refractivity contribution is -0.143. The van der Waals surface area contributed by atoms with Crippen LogP contribution in [0.5, 0.6) is 0 Å². The monoisotopic (exact) mass is 374 g/mol. The summed E-state index contributed by atoms with van der Waals surface area (Å²) >= 11 is 0. The summed E-state index contributed by atoms with van der Waals surface area (Å²) in [6.45, 7) is 0. The fourth-order valence-electron chi connectivity index (χ4n) is 1.85. The molecule has 1 aromatic carbocycles. The van der Waals surface area contributed by atoms with Gasteiger partial charge in [-0.05, 0) is 24.3 Å². The van der Waals surface area contributed by atoms with Gasteiger partial charge in [0.05, 0.1) is 16.8 Å². The zero-order valence-electron chi connectivity index (χ0n) is 13.5. The van der Waals surface area contributed by atoms with Crippen LogP contribution in [0.1, 0.15) is 11.1 Å². The van der Waals surface area contributed by atoms with Crippen LogP contribution in [0.15, 0.2) is 41.7 Å². The number of hydrogen-bond acceptors (Lipinski definition) is 4. The minimum absolute atomic E-state index is 0.0174. The Morgan fingerprint density at radius 3 is 1.77 bits per heavy atom. The van der Waals surface area contributed by atoms with Crippen molar-refractivity contribution in [2.24, 2.45) is 0 Å². The number of halogens is 6. The molecule has 0 radical (unpaired) electrons. The van der Waals surface area contributed by atoms with Crippen molar-refractivity contribution in [3.8, 4) is 12.1 Å². The minimum Gasteiger partial charge on any atom is -0.376 e. The Morgan fingerprint density at radius 1 is 0.962 bits per heavy atom. The summed E-state index contributed by atoms with van der Waals surface area (Å²) in [4.78, 5) is 1.40. The number of nitriles is 2. The Morgan fingerprint density at radius 2 is 1.42 bits per heavy atom. The van der Waals surface area contributed by atoms with Gasteiger partial charge < -0.3 is 10.2 Å². The molecule has 0 aromatic heterocycles. The third kappa shape index (κ3) is 5.45. The van der Waals surface area contributed by atoms with E-state index in [2.05, 4.69) is 5.32 Å². The number of allylic oxidation sites excluding steroid dienone is 2. The van der Waals surface area contributed by atoms with Gasteiger partial charge in [0.25, 0.3) is 0 Å². The topological polar surface area (TPSA) is 62.9 Å². The van der Waals surface area contributed by atoms with Crippen LogP contribution in [0.4, 0.5) is 32.0 Å². The second-order valence-corrected chi connectivity index (χ2v) is 5.15. The molecule has 0 bridgehead atoms. The van der Waals surface area contributed by atoms with Crippen molar-refractivity contribution in [2.75, 3.05) is 19.4 Å². The SMILES string of the molecule is CN(C)C(/C=C/Nc1cc(C(F)(F)F)cc(C(F)(F)F)c1)=C(C#N)C#N. The van der Waals surface area contributed by atoms with E-state index in [0.717, 1.165) is 6.20 Å². The highest BCUT2D eigenvalue weighted by Crippen LogP contribution is 2.37. The molecule has 0 fully saturated rings. The fraction of sp³-hybridized carbons (Fsp3) is 0.250. The molecule has 4 nitrogen and oxygen atoms in total. The van der Waals surface area contributed by atoms with E-state index in [4.69, 9.17) is 10.5 Å².